The van der Waals surface area contributed by atoms with Gasteiger partial charge in [0.05, 0.1) is 12.7 Å². The highest BCUT2D eigenvalue weighted by molar-refractivity contribution is 4.82. The fourth-order valence-electron chi connectivity index (χ4n) is 2.49. The quantitative estimate of drug-likeness (QED) is 0.467. The van der Waals surface area contributed by atoms with Gasteiger partial charge >= 0.3 is 0 Å². The van der Waals surface area contributed by atoms with Crippen LogP contribution in [-0.4, -0.2) is 18.9 Å². The van der Waals surface area contributed by atoms with E-state index in [1.54, 1.807) is 6.08 Å². The van der Waals surface area contributed by atoms with Crippen LogP contribution in [0.2, 0.25) is 0 Å². The molecule has 2 heteroatoms. The van der Waals surface area contributed by atoms with Gasteiger partial charge in [-0.3, -0.25) is 0 Å². The topological polar surface area (TPSA) is 9.23 Å². The van der Waals surface area contributed by atoms with Gasteiger partial charge in [0, 0.05) is 0 Å². The minimum atomic E-state index is -0.764. The Kier molecular flexibility index (Phi) is 6.70. The highest BCUT2D eigenvalue weighted by atomic mass is 19.1. The van der Waals surface area contributed by atoms with Crippen molar-refractivity contribution in [2.45, 2.75) is 64.1 Å². The van der Waals surface area contributed by atoms with Gasteiger partial charge in [-0.15, -0.1) is 6.58 Å². The number of ether oxygens (including phenoxy) is 1. The van der Waals surface area contributed by atoms with Gasteiger partial charge in [0.2, 0.25) is 0 Å². The van der Waals surface area contributed by atoms with E-state index in [9.17, 15) is 4.39 Å². The maximum absolute atomic E-state index is 13.8. The van der Waals surface area contributed by atoms with Crippen molar-refractivity contribution in [3.8, 4) is 0 Å². The third-order valence-electron chi connectivity index (χ3n) is 3.47. The lowest BCUT2D eigenvalue weighted by molar-refractivity contribution is -0.0257. The SMILES string of the molecule is C=CCOC1CCC(CCCCC)CC1F. The van der Waals surface area contributed by atoms with Crippen LogP contribution in [0.1, 0.15) is 51.9 Å². The second kappa shape index (κ2) is 7.83. The zero-order valence-corrected chi connectivity index (χ0v) is 10.5. The van der Waals surface area contributed by atoms with Crippen molar-refractivity contribution in [2.75, 3.05) is 6.61 Å². The van der Waals surface area contributed by atoms with E-state index < -0.39 is 6.17 Å². The fraction of sp³-hybridized carbons (Fsp3) is 0.857. The van der Waals surface area contributed by atoms with Crippen molar-refractivity contribution in [2.24, 2.45) is 5.92 Å². The molecule has 1 rings (SSSR count). The van der Waals surface area contributed by atoms with Crippen LogP contribution in [0.4, 0.5) is 4.39 Å². The summed E-state index contributed by atoms with van der Waals surface area (Å²) >= 11 is 0. The zero-order valence-electron chi connectivity index (χ0n) is 10.5. The molecule has 1 aliphatic rings. The van der Waals surface area contributed by atoms with E-state index >= 15 is 0 Å². The van der Waals surface area contributed by atoms with Crippen LogP contribution < -0.4 is 0 Å². The van der Waals surface area contributed by atoms with Gasteiger partial charge in [0.1, 0.15) is 6.17 Å². The maximum atomic E-state index is 13.8. The lowest BCUT2D eigenvalue weighted by Crippen LogP contribution is -2.33. The number of unbranched alkanes of at least 4 members (excludes halogenated alkanes) is 2. The maximum Gasteiger partial charge on any atom is 0.126 e. The Morgan fingerprint density at radius 3 is 2.81 bits per heavy atom. The van der Waals surface area contributed by atoms with Crippen molar-refractivity contribution in [3.05, 3.63) is 12.7 Å². The minimum Gasteiger partial charge on any atom is -0.371 e. The van der Waals surface area contributed by atoms with Crippen molar-refractivity contribution in [3.63, 3.8) is 0 Å². The predicted octanol–water partition coefficient (Wildman–Crippen LogP) is 4.28. The van der Waals surface area contributed by atoms with Crippen LogP contribution in [0.5, 0.6) is 0 Å². The summed E-state index contributed by atoms with van der Waals surface area (Å²) in [4.78, 5) is 0. The molecule has 1 fully saturated rings. The smallest absolute Gasteiger partial charge is 0.126 e. The average molecular weight is 228 g/mol. The molecule has 0 bridgehead atoms. The number of rotatable bonds is 7. The van der Waals surface area contributed by atoms with E-state index in [-0.39, 0.29) is 6.10 Å². The Hall–Kier alpha value is -0.370. The Morgan fingerprint density at radius 2 is 2.19 bits per heavy atom. The molecule has 94 valence electrons. The fourth-order valence-corrected chi connectivity index (χ4v) is 2.49. The molecule has 16 heavy (non-hydrogen) atoms. The largest absolute Gasteiger partial charge is 0.371 e. The highest BCUT2D eigenvalue weighted by Gasteiger charge is 2.30. The van der Waals surface area contributed by atoms with E-state index in [1.807, 2.05) is 0 Å². The van der Waals surface area contributed by atoms with E-state index in [4.69, 9.17) is 4.74 Å². The first-order valence-corrected chi connectivity index (χ1v) is 6.64. The van der Waals surface area contributed by atoms with Crippen LogP contribution in [-0.2, 0) is 4.74 Å². The first-order chi connectivity index (χ1) is 7.77. The molecule has 0 aromatic heterocycles. The summed E-state index contributed by atoms with van der Waals surface area (Å²) in [5.41, 5.74) is 0. The van der Waals surface area contributed by atoms with Gasteiger partial charge in [0.25, 0.3) is 0 Å². The van der Waals surface area contributed by atoms with Crippen molar-refractivity contribution >= 4 is 0 Å². The highest BCUT2D eigenvalue weighted by Crippen LogP contribution is 2.32. The third-order valence-corrected chi connectivity index (χ3v) is 3.47. The molecule has 0 aromatic rings. The third kappa shape index (κ3) is 4.65. The Bertz CT molecular complexity index is 193. The molecule has 0 amide bonds. The Morgan fingerprint density at radius 1 is 1.38 bits per heavy atom. The molecule has 0 spiro atoms. The van der Waals surface area contributed by atoms with Crippen molar-refractivity contribution < 1.29 is 9.13 Å². The molecular weight excluding hydrogens is 203 g/mol. The molecule has 1 aliphatic carbocycles. The van der Waals surface area contributed by atoms with Gasteiger partial charge in [-0.1, -0.05) is 38.7 Å². The second-order valence-electron chi connectivity index (χ2n) is 4.85. The summed E-state index contributed by atoms with van der Waals surface area (Å²) < 4.78 is 19.2. The lowest BCUT2D eigenvalue weighted by Gasteiger charge is -2.31. The van der Waals surface area contributed by atoms with Gasteiger partial charge in [-0.2, -0.15) is 0 Å². The van der Waals surface area contributed by atoms with E-state index in [2.05, 4.69) is 13.5 Å². The standard InChI is InChI=1S/C14H25FO/c1-3-5-6-7-12-8-9-14(13(15)11-12)16-10-4-2/h4,12-14H,2-3,5-11H2,1H3. The number of halogens is 1. The van der Waals surface area contributed by atoms with Crippen LogP contribution in [0, 0.1) is 5.92 Å². The lowest BCUT2D eigenvalue weighted by atomic mass is 9.83. The normalized spacial score (nSPS) is 30.2. The van der Waals surface area contributed by atoms with Crippen LogP contribution in [0.25, 0.3) is 0 Å². The first kappa shape index (κ1) is 13.7. The molecule has 1 nitrogen and oxygen atoms in total. The molecule has 0 radical (unpaired) electrons. The summed E-state index contributed by atoms with van der Waals surface area (Å²) in [6, 6.07) is 0. The monoisotopic (exact) mass is 228 g/mol. The number of hydrogen-bond acceptors (Lipinski definition) is 1. The number of hydrogen-bond donors (Lipinski definition) is 0. The molecular formula is C14H25FO. The van der Waals surface area contributed by atoms with Crippen molar-refractivity contribution in [1.82, 2.24) is 0 Å². The summed E-state index contributed by atoms with van der Waals surface area (Å²) in [5.74, 6) is 0.588. The molecule has 0 N–H and O–H groups in total. The van der Waals surface area contributed by atoms with E-state index in [0.717, 1.165) is 12.8 Å². The van der Waals surface area contributed by atoms with Crippen molar-refractivity contribution in [1.29, 1.82) is 0 Å². The predicted molar refractivity (Wildman–Crippen MR) is 66.3 cm³/mol. The molecule has 0 aliphatic heterocycles. The summed E-state index contributed by atoms with van der Waals surface area (Å²) in [7, 11) is 0. The number of alkyl halides is 1. The average Bonchev–Trinajstić information content (AvgIpc) is 2.28. The molecule has 0 aromatic carbocycles. The van der Waals surface area contributed by atoms with E-state index in [1.165, 1.54) is 25.7 Å². The minimum absolute atomic E-state index is 0.180. The molecule has 3 unspecified atom stereocenters. The van der Waals surface area contributed by atoms with Crippen LogP contribution in [0.15, 0.2) is 12.7 Å². The molecule has 1 saturated carbocycles. The zero-order chi connectivity index (χ0) is 11.8. The van der Waals surface area contributed by atoms with Gasteiger partial charge in [-0.05, 0) is 25.2 Å². The first-order valence-electron chi connectivity index (χ1n) is 6.64. The summed E-state index contributed by atoms with van der Waals surface area (Å²) in [6.07, 6.45) is 8.44. The molecule has 0 heterocycles. The second-order valence-corrected chi connectivity index (χ2v) is 4.85. The van der Waals surface area contributed by atoms with Gasteiger partial charge < -0.3 is 4.74 Å². The Balaban J connectivity index is 2.19. The van der Waals surface area contributed by atoms with Gasteiger partial charge in [-0.25, -0.2) is 4.39 Å². The molecule has 0 saturated heterocycles. The van der Waals surface area contributed by atoms with E-state index in [0.29, 0.717) is 18.9 Å². The van der Waals surface area contributed by atoms with Crippen LogP contribution >= 0.6 is 0 Å². The van der Waals surface area contributed by atoms with Crippen LogP contribution in [0.3, 0.4) is 0 Å². The van der Waals surface area contributed by atoms with Gasteiger partial charge in [0.15, 0.2) is 0 Å². The Labute approximate surface area is 99.1 Å². The summed E-state index contributed by atoms with van der Waals surface area (Å²) in [5, 5.41) is 0. The molecule has 3 atom stereocenters. The summed E-state index contributed by atoms with van der Waals surface area (Å²) in [6.45, 7) is 6.27.